The summed E-state index contributed by atoms with van der Waals surface area (Å²) in [5.41, 5.74) is 0.308. The molecule has 0 fully saturated rings. The predicted molar refractivity (Wildman–Crippen MR) is 124 cm³/mol. The van der Waals surface area contributed by atoms with Crippen molar-refractivity contribution in [2.24, 2.45) is 0 Å². The highest BCUT2D eigenvalue weighted by Crippen LogP contribution is 2.35. The van der Waals surface area contributed by atoms with E-state index < -0.39 is 12.0 Å². The number of hydrogen-bond donors (Lipinski definition) is 2. The van der Waals surface area contributed by atoms with Crippen molar-refractivity contribution in [3.8, 4) is 22.9 Å². The fraction of sp³-hybridized carbons (Fsp3) is 0.160. The number of aliphatic hydroxyl groups excluding tert-OH is 1. The van der Waals surface area contributed by atoms with Crippen LogP contribution in [0.4, 0.5) is 0 Å². The number of nitrogens with zero attached hydrogens (tertiary/aromatic N) is 2. The number of fused-ring (bicyclic) bond motifs is 2. The molecule has 172 valence electrons. The van der Waals surface area contributed by atoms with Gasteiger partial charge in [0.25, 0.3) is 11.5 Å². The van der Waals surface area contributed by atoms with E-state index in [1.807, 2.05) is 6.07 Å². The maximum atomic E-state index is 13.0. The topological polar surface area (TPSA) is 112 Å². The summed E-state index contributed by atoms with van der Waals surface area (Å²) >= 11 is 0. The molecule has 5 rings (SSSR count). The van der Waals surface area contributed by atoms with Crippen LogP contribution < -0.4 is 25.1 Å². The first kappa shape index (κ1) is 21.5. The van der Waals surface area contributed by atoms with Gasteiger partial charge in [-0.25, -0.2) is 0 Å². The van der Waals surface area contributed by atoms with Gasteiger partial charge in [-0.15, -0.1) is 0 Å². The third kappa shape index (κ3) is 4.28. The molecule has 0 spiro atoms. The van der Waals surface area contributed by atoms with Gasteiger partial charge in [0.2, 0.25) is 6.79 Å². The summed E-state index contributed by atoms with van der Waals surface area (Å²) in [6.07, 6.45) is -0.972. The number of aliphatic hydroxyl groups is 1. The standard InChI is InChI=1S/C25H21N3O6/c29-17(14-32-18-10-11-21-22(12-18)34-15-33-21)13-26-24(30)23-19-8-4-5-9-20(19)25(31)28(27-23)16-6-2-1-3-7-16/h1-12,17,29H,13-15H2,(H,26,30). The van der Waals surface area contributed by atoms with Crippen LogP contribution in [-0.4, -0.2) is 46.8 Å². The van der Waals surface area contributed by atoms with E-state index in [0.29, 0.717) is 33.7 Å². The smallest absolute Gasteiger partial charge is 0.279 e. The van der Waals surface area contributed by atoms with E-state index in [2.05, 4.69) is 10.4 Å². The third-order valence-electron chi connectivity index (χ3n) is 5.31. The van der Waals surface area contributed by atoms with Gasteiger partial charge < -0.3 is 24.6 Å². The summed E-state index contributed by atoms with van der Waals surface area (Å²) in [4.78, 5) is 25.9. The lowest BCUT2D eigenvalue weighted by Crippen LogP contribution is -2.37. The van der Waals surface area contributed by atoms with Crippen molar-refractivity contribution in [2.45, 2.75) is 6.10 Å². The van der Waals surface area contributed by atoms with Crippen LogP contribution in [0.3, 0.4) is 0 Å². The minimum atomic E-state index is -0.972. The summed E-state index contributed by atoms with van der Waals surface area (Å²) in [6.45, 7) is 0.0508. The second kappa shape index (κ2) is 9.24. The Bertz CT molecular complexity index is 1400. The molecule has 3 aromatic carbocycles. The highest BCUT2D eigenvalue weighted by molar-refractivity contribution is 6.04. The van der Waals surface area contributed by atoms with Crippen molar-refractivity contribution in [1.82, 2.24) is 15.1 Å². The van der Waals surface area contributed by atoms with Gasteiger partial charge in [0.15, 0.2) is 17.2 Å². The molecule has 0 aliphatic carbocycles. The SMILES string of the molecule is O=C(NCC(O)COc1ccc2c(c1)OCO2)c1nn(-c2ccccc2)c(=O)c2ccccc12. The predicted octanol–water partition coefficient (Wildman–Crippen LogP) is 2.28. The maximum absolute atomic E-state index is 13.0. The van der Waals surface area contributed by atoms with Gasteiger partial charge in [0.05, 0.1) is 11.1 Å². The molecule has 0 saturated carbocycles. The van der Waals surface area contributed by atoms with Crippen LogP contribution in [0.15, 0.2) is 77.6 Å². The summed E-state index contributed by atoms with van der Waals surface area (Å²) in [5, 5.41) is 18.1. The molecule has 9 nitrogen and oxygen atoms in total. The highest BCUT2D eigenvalue weighted by Gasteiger charge is 2.19. The number of nitrogens with one attached hydrogen (secondary N) is 1. The quantitative estimate of drug-likeness (QED) is 0.436. The molecule has 9 heteroatoms. The molecule has 0 bridgehead atoms. The summed E-state index contributed by atoms with van der Waals surface area (Å²) < 4.78 is 17.4. The zero-order valence-electron chi connectivity index (χ0n) is 18.0. The fourth-order valence-electron chi connectivity index (χ4n) is 3.61. The van der Waals surface area contributed by atoms with Gasteiger partial charge in [-0.1, -0.05) is 36.4 Å². The van der Waals surface area contributed by atoms with E-state index >= 15 is 0 Å². The molecule has 1 unspecified atom stereocenters. The summed E-state index contributed by atoms with van der Waals surface area (Å²) in [7, 11) is 0. The number of para-hydroxylation sites is 1. The molecule has 2 heterocycles. The Morgan fingerprint density at radius 2 is 1.76 bits per heavy atom. The van der Waals surface area contributed by atoms with Crippen LogP contribution in [0.1, 0.15) is 10.5 Å². The lowest BCUT2D eigenvalue weighted by Gasteiger charge is -2.15. The van der Waals surface area contributed by atoms with E-state index in [1.165, 1.54) is 4.68 Å². The zero-order valence-corrected chi connectivity index (χ0v) is 18.0. The van der Waals surface area contributed by atoms with Crippen LogP contribution in [0.25, 0.3) is 16.5 Å². The van der Waals surface area contributed by atoms with Crippen molar-refractivity contribution < 1.29 is 24.1 Å². The second-order valence-electron chi connectivity index (χ2n) is 7.64. The van der Waals surface area contributed by atoms with Gasteiger partial charge in [0, 0.05) is 18.0 Å². The normalized spacial score (nSPS) is 13.0. The van der Waals surface area contributed by atoms with Crippen LogP contribution in [0.5, 0.6) is 17.2 Å². The first-order valence-electron chi connectivity index (χ1n) is 10.7. The van der Waals surface area contributed by atoms with E-state index in [1.54, 1.807) is 66.7 Å². The first-order valence-corrected chi connectivity index (χ1v) is 10.7. The van der Waals surface area contributed by atoms with Crippen molar-refractivity contribution in [2.75, 3.05) is 19.9 Å². The molecule has 1 aliphatic heterocycles. The Morgan fingerprint density at radius 3 is 2.59 bits per heavy atom. The maximum Gasteiger partial charge on any atom is 0.279 e. The molecule has 1 aromatic heterocycles. The number of carbonyl (C=O) groups excluding carboxylic acids is 1. The Balaban J connectivity index is 1.30. The molecule has 0 saturated heterocycles. The van der Waals surface area contributed by atoms with Gasteiger partial charge in [-0.3, -0.25) is 9.59 Å². The van der Waals surface area contributed by atoms with E-state index in [-0.39, 0.29) is 31.2 Å². The lowest BCUT2D eigenvalue weighted by molar-refractivity contribution is 0.0839. The van der Waals surface area contributed by atoms with Gasteiger partial charge >= 0.3 is 0 Å². The Morgan fingerprint density at radius 1 is 1.03 bits per heavy atom. The molecular weight excluding hydrogens is 438 g/mol. The number of carbonyl (C=O) groups is 1. The Hall–Kier alpha value is -4.37. The molecule has 1 atom stereocenters. The minimum absolute atomic E-state index is 0.0440. The number of rotatable bonds is 7. The highest BCUT2D eigenvalue weighted by atomic mass is 16.7. The van der Waals surface area contributed by atoms with Crippen LogP contribution in [0, 0.1) is 0 Å². The molecule has 0 radical (unpaired) electrons. The lowest BCUT2D eigenvalue weighted by atomic mass is 10.1. The van der Waals surface area contributed by atoms with Crippen molar-refractivity contribution in [3.05, 3.63) is 88.8 Å². The van der Waals surface area contributed by atoms with Crippen LogP contribution in [-0.2, 0) is 0 Å². The molecule has 1 aliphatic rings. The van der Waals surface area contributed by atoms with E-state index in [9.17, 15) is 14.7 Å². The first-order chi connectivity index (χ1) is 16.6. The third-order valence-corrected chi connectivity index (χ3v) is 5.31. The average Bonchev–Trinajstić information content (AvgIpc) is 3.35. The number of amides is 1. The van der Waals surface area contributed by atoms with Gasteiger partial charge in [-0.05, 0) is 30.3 Å². The second-order valence-corrected chi connectivity index (χ2v) is 7.64. The van der Waals surface area contributed by atoms with E-state index in [0.717, 1.165) is 0 Å². The summed E-state index contributed by atoms with van der Waals surface area (Å²) in [6, 6.07) is 20.8. The summed E-state index contributed by atoms with van der Waals surface area (Å²) in [5.74, 6) is 1.21. The van der Waals surface area contributed by atoms with Crippen molar-refractivity contribution in [3.63, 3.8) is 0 Å². The van der Waals surface area contributed by atoms with E-state index in [4.69, 9.17) is 14.2 Å². The van der Waals surface area contributed by atoms with Crippen molar-refractivity contribution >= 4 is 16.7 Å². The number of aromatic nitrogens is 2. The van der Waals surface area contributed by atoms with Crippen LogP contribution in [0.2, 0.25) is 0 Å². The van der Waals surface area contributed by atoms with Gasteiger partial charge in [0.1, 0.15) is 18.5 Å². The van der Waals surface area contributed by atoms with Crippen LogP contribution >= 0.6 is 0 Å². The van der Waals surface area contributed by atoms with Crippen molar-refractivity contribution in [1.29, 1.82) is 0 Å². The number of ether oxygens (including phenoxy) is 3. The average molecular weight is 459 g/mol. The number of benzene rings is 3. The molecule has 2 N–H and O–H groups in total. The Kier molecular flexibility index (Phi) is 5.84. The molecule has 34 heavy (non-hydrogen) atoms. The molecular formula is C25H21N3O6. The number of hydrogen-bond acceptors (Lipinski definition) is 7. The van der Waals surface area contributed by atoms with Gasteiger partial charge in [-0.2, -0.15) is 9.78 Å². The Labute approximate surface area is 194 Å². The molecule has 1 amide bonds. The minimum Gasteiger partial charge on any atom is -0.491 e. The zero-order chi connectivity index (χ0) is 23.5. The monoisotopic (exact) mass is 459 g/mol. The fourth-order valence-corrected chi connectivity index (χ4v) is 3.61. The molecule has 4 aromatic rings. The largest absolute Gasteiger partial charge is 0.491 e.